The maximum Gasteiger partial charge on any atom is 0.332 e. The Bertz CT molecular complexity index is 890. The zero-order valence-corrected chi connectivity index (χ0v) is 17.0. The van der Waals surface area contributed by atoms with Crippen molar-refractivity contribution in [2.45, 2.75) is 38.6 Å². The topological polar surface area (TPSA) is 120 Å². The van der Waals surface area contributed by atoms with Crippen molar-refractivity contribution in [2.24, 2.45) is 10.8 Å². The van der Waals surface area contributed by atoms with Crippen molar-refractivity contribution in [3.8, 4) is 5.75 Å². The quantitative estimate of drug-likeness (QED) is 0.401. The molecule has 2 rings (SSSR count). The van der Waals surface area contributed by atoms with Gasteiger partial charge in [-0.15, -0.1) is 0 Å². The largest absolute Gasteiger partial charge is 0.497 e. The molecule has 2 amide bonds. The van der Waals surface area contributed by atoms with E-state index < -0.39 is 17.5 Å². The van der Waals surface area contributed by atoms with Crippen molar-refractivity contribution >= 4 is 11.7 Å². The summed E-state index contributed by atoms with van der Waals surface area (Å²) >= 11 is 0. The summed E-state index contributed by atoms with van der Waals surface area (Å²) in [7, 11) is 1.56. The number of urea groups is 1. The summed E-state index contributed by atoms with van der Waals surface area (Å²) in [5, 5.41) is 16.0. The molecule has 0 spiro atoms. The van der Waals surface area contributed by atoms with E-state index in [0.717, 1.165) is 16.7 Å². The second kappa shape index (κ2) is 9.18. The molecule has 8 nitrogen and oxygen atoms in total. The minimum Gasteiger partial charge on any atom is -0.497 e. The van der Waals surface area contributed by atoms with E-state index in [9.17, 15) is 14.9 Å². The number of carbonyl (C=O) groups excluding carboxylic acids is 1. The fraction of sp³-hybridized carbons (Fsp3) is 0.333. The van der Waals surface area contributed by atoms with Gasteiger partial charge in [-0.25, -0.2) is 10.2 Å². The first kappa shape index (κ1) is 21.9. The lowest BCUT2D eigenvalue weighted by Crippen LogP contribution is -2.39. The standard InChI is InChI=1S/C21H26N4O4/c1-14-5-7-16(8-6-14)19(23-24-20(22)26)13-18(21(2,3)25(27)28)15-9-11-17(29-4)12-10-15/h5-12,18H,13H2,1-4H3,(H3,22,24,26)/b23-19-. The Labute approximate surface area is 169 Å². The van der Waals surface area contributed by atoms with Gasteiger partial charge in [0.2, 0.25) is 5.54 Å². The van der Waals surface area contributed by atoms with Crippen molar-refractivity contribution in [3.05, 3.63) is 75.3 Å². The van der Waals surface area contributed by atoms with Crippen molar-refractivity contribution in [2.75, 3.05) is 7.11 Å². The van der Waals surface area contributed by atoms with Crippen LogP contribution >= 0.6 is 0 Å². The van der Waals surface area contributed by atoms with Crippen molar-refractivity contribution in [3.63, 3.8) is 0 Å². The van der Waals surface area contributed by atoms with Gasteiger partial charge in [0.15, 0.2) is 0 Å². The van der Waals surface area contributed by atoms with E-state index in [1.165, 1.54) is 0 Å². The Morgan fingerprint density at radius 1 is 1.21 bits per heavy atom. The van der Waals surface area contributed by atoms with E-state index in [4.69, 9.17) is 10.5 Å². The summed E-state index contributed by atoms with van der Waals surface area (Å²) in [6.07, 6.45) is 0.226. The molecule has 2 aromatic rings. The van der Waals surface area contributed by atoms with Crippen molar-refractivity contribution in [1.82, 2.24) is 5.43 Å². The number of carbonyl (C=O) groups is 1. The Balaban J connectivity index is 2.51. The molecule has 3 N–H and O–H groups in total. The van der Waals surface area contributed by atoms with Gasteiger partial charge < -0.3 is 10.5 Å². The fourth-order valence-electron chi connectivity index (χ4n) is 3.03. The van der Waals surface area contributed by atoms with E-state index in [1.807, 2.05) is 43.3 Å². The van der Waals surface area contributed by atoms with Gasteiger partial charge in [-0.1, -0.05) is 42.0 Å². The van der Waals surface area contributed by atoms with Crippen LogP contribution in [-0.2, 0) is 0 Å². The molecule has 0 aliphatic carbocycles. The molecule has 1 unspecified atom stereocenters. The zero-order valence-electron chi connectivity index (χ0n) is 17.0. The molecule has 0 aromatic heterocycles. The van der Waals surface area contributed by atoms with E-state index in [1.54, 1.807) is 33.1 Å². The van der Waals surface area contributed by atoms with E-state index in [2.05, 4.69) is 10.5 Å². The Morgan fingerprint density at radius 3 is 2.28 bits per heavy atom. The average molecular weight is 398 g/mol. The lowest BCUT2D eigenvalue weighted by atomic mass is 9.78. The van der Waals surface area contributed by atoms with Crippen LogP contribution < -0.4 is 15.9 Å². The van der Waals surface area contributed by atoms with Gasteiger partial charge in [0, 0.05) is 25.2 Å². The molecule has 1 atom stereocenters. The first-order valence-corrected chi connectivity index (χ1v) is 9.12. The van der Waals surface area contributed by atoms with Crippen LogP contribution in [0.4, 0.5) is 4.79 Å². The number of nitrogens with one attached hydrogen (secondary N) is 1. The summed E-state index contributed by atoms with van der Waals surface area (Å²) < 4.78 is 5.19. The number of amides is 2. The summed E-state index contributed by atoms with van der Waals surface area (Å²) in [6, 6.07) is 13.9. The number of ether oxygens (including phenoxy) is 1. The molecule has 0 saturated carbocycles. The van der Waals surface area contributed by atoms with Crippen molar-refractivity contribution in [1.29, 1.82) is 0 Å². The smallest absolute Gasteiger partial charge is 0.332 e. The van der Waals surface area contributed by atoms with Crippen LogP contribution in [0.15, 0.2) is 53.6 Å². The zero-order chi connectivity index (χ0) is 21.6. The first-order valence-electron chi connectivity index (χ1n) is 9.12. The monoisotopic (exact) mass is 398 g/mol. The van der Waals surface area contributed by atoms with Crippen LogP contribution in [-0.4, -0.2) is 29.3 Å². The van der Waals surface area contributed by atoms with Gasteiger partial charge in [0.1, 0.15) is 5.75 Å². The number of nitrogens with two attached hydrogens (primary N) is 1. The molecule has 154 valence electrons. The maximum atomic E-state index is 11.8. The van der Waals surface area contributed by atoms with Crippen LogP contribution in [0, 0.1) is 17.0 Å². The van der Waals surface area contributed by atoms with Crippen LogP contribution in [0.3, 0.4) is 0 Å². The van der Waals surface area contributed by atoms with Crippen LogP contribution in [0.2, 0.25) is 0 Å². The van der Waals surface area contributed by atoms with Crippen molar-refractivity contribution < 1.29 is 14.5 Å². The second-order valence-corrected chi connectivity index (χ2v) is 7.34. The number of nitro groups is 1. The number of hydrogen-bond donors (Lipinski definition) is 2. The lowest BCUT2D eigenvalue weighted by molar-refractivity contribution is -0.565. The molecular weight excluding hydrogens is 372 g/mol. The van der Waals surface area contributed by atoms with Gasteiger partial charge in [-0.3, -0.25) is 10.1 Å². The average Bonchev–Trinajstić information content (AvgIpc) is 2.68. The summed E-state index contributed by atoms with van der Waals surface area (Å²) in [4.78, 5) is 22.7. The molecule has 0 aliphatic rings. The number of rotatable bonds is 8. The first-order chi connectivity index (χ1) is 13.6. The van der Waals surface area contributed by atoms with Gasteiger partial charge in [-0.2, -0.15) is 5.10 Å². The normalized spacial score (nSPS) is 12.9. The van der Waals surface area contributed by atoms with Gasteiger partial charge in [0.05, 0.1) is 18.7 Å². The minimum absolute atomic E-state index is 0.226. The Morgan fingerprint density at radius 2 is 1.79 bits per heavy atom. The van der Waals surface area contributed by atoms with Gasteiger partial charge in [-0.05, 0) is 30.2 Å². The molecule has 8 heteroatoms. The minimum atomic E-state index is -1.28. The number of hydrazone groups is 1. The highest BCUT2D eigenvalue weighted by Gasteiger charge is 2.42. The van der Waals surface area contributed by atoms with Gasteiger partial charge in [0.25, 0.3) is 0 Å². The number of nitrogens with zero attached hydrogens (tertiary/aromatic N) is 2. The van der Waals surface area contributed by atoms with E-state index in [0.29, 0.717) is 11.5 Å². The molecule has 0 aliphatic heterocycles. The summed E-state index contributed by atoms with van der Waals surface area (Å²) in [5.74, 6) is 0.146. The fourth-order valence-corrected chi connectivity index (χ4v) is 3.03. The number of aryl methyl sites for hydroxylation is 1. The lowest BCUT2D eigenvalue weighted by Gasteiger charge is -2.28. The number of methoxy groups -OCH3 is 1. The maximum absolute atomic E-state index is 11.8. The van der Waals surface area contributed by atoms with E-state index in [-0.39, 0.29) is 11.3 Å². The third-order valence-corrected chi connectivity index (χ3v) is 4.92. The number of hydrogen-bond acceptors (Lipinski definition) is 5. The van der Waals surface area contributed by atoms with E-state index >= 15 is 0 Å². The highest BCUT2D eigenvalue weighted by molar-refractivity contribution is 6.01. The molecule has 2 aromatic carbocycles. The molecule has 0 radical (unpaired) electrons. The number of primary amides is 1. The predicted molar refractivity (Wildman–Crippen MR) is 112 cm³/mol. The molecular formula is C21H26N4O4. The highest BCUT2D eigenvalue weighted by Crippen LogP contribution is 2.35. The SMILES string of the molecule is COc1ccc(C(C/C(=N/NC(N)=O)c2ccc(C)cc2)C(C)(C)[N+](=O)[O-])cc1. The van der Waals surface area contributed by atoms with Crippen LogP contribution in [0.5, 0.6) is 5.75 Å². The molecule has 0 heterocycles. The molecule has 0 bridgehead atoms. The predicted octanol–water partition coefficient (Wildman–Crippen LogP) is 3.61. The molecule has 0 fully saturated rings. The Kier molecular flexibility index (Phi) is 6.93. The Hall–Kier alpha value is -3.42. The van der Waals surface area contributed by atoms with Gasteiger partial charge >= 0.3 is 6.03 Å². The number of benzene rings is 2. The third-order valence-electron chi connectivity index (χ3n) is 4.92. The van der Waals surface area contributed by atoms with Crippen LogP contribution in [0.25, 0.3) is 0 Å². The summed E-state index contributed by atoms with van der Waals surface area (Å²) in [5.41, 5.74) is 9.22. The highest BCUT2D eigenvalue weighted by atomic mass is 16.6. The third kappa shape index (κ3) is 5.54. The molecule has 0 saturated heterocycles. The second-order valence-electron chi connectivity index (χ2n) is 7.34. The summed E-state index contributed by atoms with van der Waals surface area (Å²) in [6.45, 7) is 5.12. The molecule has 29 heavy (non-hydrogen) atoms. The van der Waals surface area contributed by atoms with Crippen LogP contribution in [0.1, 0.15) is 42.9 Å².